The van der Waals surface area contributed by atoms with Gasteiger partial charge in [-0.05, 0) is 61.1 Å². The van der Waals surface area contributed by atoms with Crippen molar-refractivity contribution in [1.82, 2.24) is 9.88 Å². The number of pyridine rings is 1. The van der Waals surface area contributed by atoms with Gasteiger partial charge < -0.3 is 5.32 Å². The maximum Gasteiger partial charge on any atom is 0.126 e. The third-order valence-corrected chi connectivity index (χ3v) is 7.19. The standard InChI is InChI=1S/C25H25Cl2N3/c26-22-9-3-1-7-20(22)25(21-8-2-4-10-23(21)27)30-18-12-13-19(30)16-17(15-18)29-24-11-5-6-14-28-24/h1-11,14,17-19,25H,12-13,15-16H2,(H,28,29). The summed E-state index contributed by atoms with van der Waals surface area (Å²) >= 11 is 13.4. The van der Waals surface area contributed by atoms with Crippen LogP contribution in [-0.4, -0.2) is 28.0 Å². The first-order chi connectivity index (χ1) is 14.7. The second-order valence-electron chi connectivity index (χ2n) is 8.31. The number of hydrogen-bond acceptors (Lipinski definition) is 3. The van der Waals surface area contributed by atoms with Gasteiger partial charge in [0.05, 0.1) is 6.04 Å². The second kappa shape index (κ2) is 8.58. The Hall–Kier alpha value is -2.07. The van der Waals surface area contributed by atoms with E-state index in [0.29, 0.717) is 18.1 Å². The van der Waals surface area contributed by atoms with E-state index in [1.54, 1.807) is 0 Å². The maximum absolute atomic E-state index is 6.70. The largest absolute Gasteiger partial charge is 0.367 e. The first-order valence-corrected chi connectivity index (χ1v) is 11.4. The van der Waals surface area contributed by atoms with Crippen LogP contribution in [-0.2, 0) is 0 Å². The molecule has 3 aromatic rings. The quantitative estimate of drug-likeness (QED) is 0.487. The van der Waals surface area contributed by atoms with Crippen molar-refractivity contribution in [3.05, 3.63) is 94.1 Å². The number of rotatable bonds is 5. The second-order valence-corrected chi connectivity index (χ2v) is 9.12. The normalized spacial score (nSPS) is 23.6. The van der Waals surface area contributed by atoms with E-state index >= 15 is 0 Å². The van der Waals surface area contributed by atoms with Gasteiger partial charge >= 0.3 is 0 Å². The summed E-state index contributed by atoms with van der Waals surface area (Å²) < 4.78 is 0. The van der Waals surface area contributed by atoms with E-state index in [1.165, 1.54) is 12.8 Å². The summed E-state index contributed by atoms with van der Waals surface area (Å²) in [5, 5.41) is 5.26. The average molecular weight is 438 g/mol. The number of fused-ring (bicyclic) bond motifs is 2. The monoisotopic (exact) mass is 437 g/mol. The van der Waals surface area contributed by atoms with Crippen molar-refractivity contribution in [3.63, 3.8) is 0 Å². The van der Waals surface area contributed by atoms with E-state index in [9.17, 15) is 0 Å². The molecule has 1 N–H and O–H groups in total. The molecule has 30 heavy (non-hydrogen) atoms. The highest BCUT2D eigenvalue weighted by molar-refractivity contribution is 6.32. The fourth-order valence-corrected chi connectivity index (χ4v) is 5.77. The van der Waals surface area contributed by atoms with Gasteiger partial charge in [0.25, 0.3) is 0 Å². The summed E-state index contributed by atoms with van der Waals surface area (Å²) in [7, 11) is 0. The molecule has 5 rings (SSSR count). The minimum atomic E-state index is 0.0701. The molecular formula is C25H25Cl2N3. The Balaban J connectivity index is 1.47. The molecule has 2 aliphatic rings. The third kappa shape index (κ3) is 3.82. The first-order valence-electron chi connectivity index (χ1n) is 10.6. The van der Waals surface area contributed by atoms with Crippen LogP contribution in [0, 0.1) is 0 Å². The summed E-state index contributed by atoms with van der Waals surface area (Å²) in [4.78, 5) is 7.14. The minimum Gasteiger partial charge on any atom is -0.367 e. The van der Waals surface area contributed by atoms with Gasteiger partial charge in [0.2, 0.25) is 0 Å². The van der Waals surface area contributed by atoms with Gasteiger partial charge in [0.1, 0.15) is 5.82 Å². The van der Waals surface area contributed by atoms with E-state index < -0.39 is 0 Å². The molecule has 3 nitrogen and oxygen atoms in total. The Morgan fingerprint density at radius 1 is 0.800 bits per heavy atom. The van der Waals surface area contributed by atoms with Gasteiger partial charge in [-0.15, -0.1) is 0 Å². The SMILES string of the molecule is Clc1ccccc1C(c1ccccc1Cl)N1C2CCC1CC(Nc1ccccn1)C2. The van der Waals surface area contributed by atoms with Crippen LogP contribution < -0.4 is 5.32 Å². The Bertz CT molecular complexity index is 951. The predicted molar refractivity (Wildman–Crippen MR) is 124 cm³/mol. The van der Waals surface area contributed by atoms with E-state index in [4.69, 9.17) is 23.2 Å². The molecule has 2 bridgehead atoms. The predicted octanol–water partition coefficient (Wildman–Crippen LogP) is 6.59. The number of anilines is 1. The van der Waals surface area contributed by atoms with Gasteiger partial charge in [-0.1, -0.05) is 65.7 Å². The smallest absolute Gasteiger partial charge is 0.126 e. The molecule has 0 aliphatic carbocycles. The van der Waals surface area contributed by atoms with Gasteiger partial charge in [0.15, 0.2) is 0 Å². The van der Waals surface area contributed by atoms with E-state index in [1.807, 2.05) is 48.7 Å². The lowest BCUT2D eigenvalue weighted by molar-refractivity contribution is 0.0986. The van der Waals surface area contributed by atoms with Gasteiger partial charge in [-0.2, -0.15) is 0 Å². The molecule has 0 spiro atoms. The molecule has 2 aliphatic heterocycles. The number of benzene rings is 2. The molecule has 2 aromatic carbocycles. The van der Waals surface area contributed by atoms with Crippen molar-refractivity contribution >= 4 is 29.0 Å². The fraction of sp³-hybridized carbons (Fsp3) is 0.320. The summed E-state index contributed by atoms with van der Waals surface area (Å²) in [6, 6.07) is 23.9. The van der Waals surface area contributed by atoms with Crippen LogP contribution in [0.1, 0.15) is 42.9 Å². The van der Waals surface area contributed by atoms with Crippen LogP contribution in [0.25, 0.3) is 0 Å². The van der Waals surface area contributed by atoms with E-state index in [2.05, 4.69) is 39.5 Å². The summed E-state index contributed by atoms with van der Waals surface area (Å²) in [6.45, 7) is 0. The summed E-state index contributed by atoms with van der Waals surface area (Å²) in [5.74, 6) is 0.962. The Morgan fingerprint density at radius 2 is 1.37 bits per heavy atom. The van der Waals surface area contributed by atoms with Crippen molar-refractivity contribution in [1.29, 1.82) is 0 Å². The zero-order chi connectivity index (χ0) is 20.5. The number of piperidine rings is 1. The fourth-order valence-electron chi connectivity index (χ4n) is 5.29. The number of halogens is 2. The zero-order valence-electron chi connectivity index (χ0n) is 16.7. The van der Waals surface area contributed by atoms with Gasteiger partial charge in [-0.3, -0.25) is 4.90 Å². The molecule has 3 heterocycles. The number of hydrogen-bond donors (Lipinski definition) is 1. The first kappa shape index (κ1) is 19.9. The molecule has 2 fully saturated rings. The molecule has 0 amide bonds. The Kier molecular flexibility index (Phi) is 5.68. The number of aromatic nitrogens is 1. The van der Waals surface area contributed by atoms with Crippen LogP contribution in [0.3, 0.4) is 0 Å². The van der Waals surface area contributed by atoms with Crippen molar-refractivity contribution in [2.24, 2.45) is 0 Å². The lowest BCUT2D eigenvalue weighted by Crippen LogP contribution is -2.48. The zero-order valence-corrected chi connectivity index (χ0v) is 18.2. The third-order valence-electron chi connectivity index (χ3n) is 6.50. The lowest BCUT2D eigenvalue weighted by Gasteiger charge is -2.44. The summed E-state index contributed by atoms with van der Waals surface area (Å²) in [6.07, 6.45) is 6.45. The molecule has 2 atom stereocenters. The average Bonchev–Trinajstić information content (AvgIpc) is 3.01. The van der Waals surface area contributed by atoms with Crippen molar-refractivity contribution in [3.8, 4) is 0 Å². The van der Waals surface area contributed by atoms with Crippen molar-refractivity contribution < 1.29 is 0 Å². The van der Waals surface area contributed by atoms with Crippen LogP contribution in [0.4, 0.5) is 5.82 Å². The number of nitrogens with one attached hydrogen (secondary N) is 1. The van der Waals surface area contributed by atoms with Crippen molar-refractivity contribution in [2.75, 3.05) is 5.32 Å². The number of nitrogens with zero attached hydrogens (tertiary/aromatic N) is 2. The minimum absolute atomic E-state index is 0.0701. The molecule has 2 saturated heterocycles. The highest BCUT2D eigenvalue weighted by Gasteiger charge is 2.45. The van der Waals surface area contributed by atoms with Crippen LogP contribution >= 0.6 is 23.2 Å². The molecule has 0 radical (unpaired) electrons. The lowest BCUT2D eigenvalue weighted by atomic mass is 9.89. The molecular weight excluding hydrogens is 413 g/mol. The van der Waals surface area contributed by atoms with Gasteiger partial charge in [0, 0.05) is 34.4 Å². The Labute approximate surface area is 188 Å². The van der Waals surface area contributed by atoms with Crippen molar-refractivity contribution in [2.45, 2.75) is 49.9 Å². The highest BCUT2D eigenvalue weighted by Crippen LogP contribution is 2.47. The van der Waals surface area contributed by atoms with E-state index in [0.717, 1.165) is 39.8 Å². The topological polar surface area (TPSA) is 28.2 Å². The Morgan fingerprint density at radius 3 is 1.90 bits per heavy atom. The molecule has 1 aromatic heterocycles. The van der Waals surface area contributed by atoms with Crippen LogP contribution in [0.5, 0.6) is 0 Å². The molecule has 154 valence electrons. The van der Waals surface area contributed by atoms with E-state index in [-0.39, 0.29) is 6.04 Å². The molecule has 0 saturated carbocycles. The maximum atomic E-state index is 6.70. The molecule has 5 heteroatoms. The van der Waals surface area contributed by atoms with Crippen LogP contribution in [0.2, 0.25) is 10.0 Å². The summed E-state index contributed by atoms with van der Waals surface area (Å²) in [5.41, 5.74) is 2.28. The van der Waals surface area contributed by atoms with Gasteiger partial charge in [-0.25, -0.2) is 4.98 Å². The van der Waals surface area contributed by atoms with Crippen LogP contribution in [0.15, 0.2) is 72.9 Å². The highest BCUT2D eigenvalue weighted by atomic mass is 35.5. The molecule has 2 unspecified atom stereocenters.